The molecule has 0 aliphatic carbocycles. The summed E-state index contributed by atoms with van der Waals surface area (Å²) in [7, 11) is 0. The number of benzene rings is 1. The van der Waals surface area contributed by atoms with Crippen LogP contribution in [0.25, 0.3) is 22.6 Å². The van der Waals surface area contributed by atoms with Gasteiger partial charge in [-0.25, -0.2) is 4.98 Å². The summed E-state index contributed by atoms with van der Waals surface area (Å²) in [5.41, 5.74) is 1.28. The van der Waals surface area contributed by atoms with Gasteiger partial charge in [-0.2, -0.15) is 13.2 Å². The van der Waals surface area contributed by atoms with Gasteiger partial charge in [0.05, 0.1) is 12.7 Å². The molecule has 1 aromatic carbocycles. The van der Waals surface area contributed by atoms with Crippen molar-refractivity contribution in [2.75, 3.05) is 19.7 Å². The average Bonchev–Trinajstić information content (AvgIpc) is 3.05. The van der Waals surface area contributed by atoms with Crippen molar-refractivity contribution in [2.24, 2.45) is 0 Å². The van der Waals surface area contributed by atoms with Crippen molar-refractivity contribution in [3.63, 3.8) is 0 Å². The van der Waals surface area contributed by atoms with Gasteiger partial charge >= 0.3 is 6.18 Å². The molecule has 0 bridgehead atoms. The number of nitrogens with one attached hydrogen (secondary N) is 1. The van der Waals surface area contributed by atoms with Gasteiger partial charge < -0.3 is 14.5 Å². The standard InChI is InChI=1S/C17H14F3N3O2.ClH/c18-17(19,20)15-8-11(3-4-22-15)16-23-12-2-1-10(7-13(12)25-16)14-9-21-5-6-24-14;/h1-4,7-8,14,21H,5-6,9H2;1H/t14-;/m1./s1. The number of rotatable bonds is 2. The van der Waals surface area contributed by atoms with E-state index in [0.717, 1.165) is 24.4 Å². The van der Waals surface area contributed by atoms with Gasteiger partial charge in [0.1, 0.15) is 11.2 Å². The summed E-state index contributed by atoms with van der Waals surface area (Å²) in [5.74, 6) is 0.128. The molecule has 5 nitrogen and oxygen atoms in total. The Balaban J connectivity index is 0.00000196. The first-order chi connectivity index (χ1) is 12.0. The van der Waals surface area contributed by atoms with Crippen LogP contribution in [0.3, 0.4) is 0 Å². The molecule has 1 aliphatic heterocycles. The molecule has 0 amide bonds. The summed E-state index contributed by atoms with van der Waals surface area (Å²) in [4.78, 5) is 7.62. The highest BCUT2D eigenvalue weighted by molar-refractivity contribution is 5.85. The number of aromatic nitrogens is 2. The van der Waals surface area contributed by atoms with Crippen molar-refractivity contribution in [1.29, 1.82) is 0 Å². The van der Waals surface area contributed by atoms with E-state index < -0.39 is 11.9 Å². The minimum atomic E-state index is -4.51. The van der Waals surface area contributed by atoms with Crippen molar-refractivity contribution in [2.45, 2.75) is 12.3 Å². The zero-order valence-corrected chi connectivity index (χ0v) is 14.2. The van der Waals surface area contributed by atoms with E-state index in [1.807, 2.05) is 12.1 Å². The third-order valence-electron chi connectivity index (χ3n) is 4.01. The second-order valence-electron chi connectivity index (χ2n) is 5.74. The lowest BCUT2D eigenvalue weighted by atomic mass is 10.1. The van der Waals surface area contributed by atoms with Crippen LogP contribution in [0.2, 0.25) is 0 Å². The van der Waals surface area contributed by atoms with Crippen molar-refractivity contribution in [3.05, 3.63) is 47.8 Å². The number of ether oxygens (including phenoxy) is 1. The zero-order valence-electron chi connectivity index (χ0n) is 13.4. The Bertz CT molecular complexity index is 908. The van der Waals surface area contributed by atoms with E-state index in [1.54, 1.807) is 6.07 Å². The molecular formula is C17H15ClF3N3O2. The van der Waals surface area contributed by atoms with Gasteiger partial charge in [-0.05, 0) is 29.8 Å². The van der Waals surface area contributed by atoms with Crippen LogP contribution in [-0.4, -0.2) is 29.7 Å². The highest BCUT2D eigenvalue weighted by atomic mass is 35.5. The summed E-state index contributed by atoms with van der Waals surface area (Å²) in [5, 5.41) is 3.25. The minimum absolute atomic E-state index is 0. The van der Waals surface area contributed by atoms with Crippen molar-refractivity contribution >= 4 is 23.5 Å². The molecule has 1 fully saturated rings. The summed E-state index contributed by atoms with van der Waals surface area (Å²) in [6.07, 6.45) is -3.50. The molecule has 2 aromatic heterocycles. The summed E-state index contributed by atoms with van der Waals surface area (Å²) in [6.45, 7) is 2.14. The molecule has 138 valence electrons. The maximum absolute atomic E-state index is 12.8. The van der Waals surface area contributed by atoms with Crippen LogP contribution in [0.15, 0.2) is 40.9 Å². The van der Waals surface area contributed by atoms with E-state index >= 15 is 0 Å². The number of fused-ring (bicyclic) bond motifs is 1. The Morgan fingerprint density at radius 1 is 1.15 bits per heavy atom. The second kappa shape index (κ2) is 7.22. The molecule has 4 rings (SSSR count). The maximum atomic E-state index is 12.8. The number of hydrogen-bond donors (Lipinski definition) is 1. The smallest absolute Gasteiger partial charge is 0.433 e. The summed E-state index contributed by atoms with van der Waals surface area (Å²) in [6, 6.07) is 7.85. The van der Waals surface area contributed by atoms with E-state index in [2.05, 4.69) is 15.3 Å². The third kappa shape index (κ3) is 3.67. The Hall–Kier alpha value is -2.16. The van der Waals surface area contributed by atoms with Gasteiger partial charge in [0, 0.05) is 24.8 Å². The molecule has 0 radical (unpaired) electrons. The molecule has 26 heavy (non-hydrogen) atoms. The van der Waals surface area contributed by atoms with Crippen LogP contribution < -0.4 is 5.32 Å². The van der Waals surface area contributed by atoms with Crippen LogP contribution in [-0.2, 0) is 10.9 Å². The van der Waals surface area contributed by atoms with Crippen LogP contribution in [0, 0.1) is 0 Å². The maximum Gasteiger partial charge on any atom is 0.433 e. The first kappa shape index (κ1) is 18.6. The van der Waals surface area contributed by atoms with Crippen molar-refractivity contribution in [3.8, 4) is 11.5 Å². The van der Waals surface area contributed by atoms with E-state index in [0.29, 0.717) is 24.3 Å². The fraction of sp³-hybridized carbons (Fsp3) is 0.294. The molecule has 3 heterocycles. The lowest BCUT2D eigenvalue weighted by Crippen LogP contribution is -2.33. The van der Waals surface area contributed by atoms with Crippen LogP contribution in [0.1, 0.15) is 17.4 Å². The third-order valence-corrected chi connectivity index (χ3v) is 4.01. The van der Waals surface area contributed by atoms with Crippen molar-refractivity contribution in [1.82, 2.24) is 15.3 Å². The lowest BCUT2D eigenvalue weighted by molar-refractivity contribution is -0.141. The van der Waals surface area contributed by atoms with E-state index in [4.69, 9.17) is 9.15 Å². The zero-order chi connectivity index (χ0) is 17.4. The molecule has 0 saturated carbocycles. The van der Waals surface area contributed by atoms with Crippen molar-refractivity contribution < 1.29 is 22.3 Å². The highest BCUT2D eigenvalue weighted by Gasteiger charge is 2.32. The van der Waals surface area contributed by atoms with E-state index in [9.17, 15) is 13.2 Å². The predicted octanol–water partition coefficient (Wildman–Crippen LogP) is 3.99. The quantitative estimate of drug-likeness (QED) is 0.722. The molecule has 1 atom stereocenters. The first-order valence-corrected chi connectivity index (χ1v) is 7.77. The van der Waals surface area contributed by atoms with Crippen LogP contribution in [0.5, 0.6) is 0 Å². The number of pyridine rings is 1. The normalized spacial score (nSPS) is 17.9. The number of nitrogens with zero attached hydrogens (tertiary/aromatic N) is 2. The molecular weight excluding hydrogens is 371 g/mol. The summed E-state index contributed by atoms with van der Waals surface area (Å²) >= 11 is 0. The SMILES string of the molecule is Cl.FC(F)(F)c1cc(-c2nc3ccc([C@H]4CNCCO4)cc3o2)ccn1. The predicted molar refractivity (Wildman–Crippen MR) is 91.1 cm³/mol. The fourth-order valence-corrected chi connectivity index (χ4v) is 2.76. The minimum Gasteiger partial charge on any atom is -0.436 e. The van der Waals surface area contributed by atoms with Gasteiger partial charge in [-0.1, -0.05) is 6.07 Å². The molecule has 1 N–H and O–H groups in total. The Morgan fingerprint density at radius 3 is 2.73 bits per heavy atom. The molecule has 3 aromatic rings. The van der Waals surface area contributed by atoms with Crippen LogP contribution in [0.4, 0.5) is 13.2 Å². The molecule has 0 spiro atoms. The fourth-order valence-electron chi connectivity index (χ4n) is 2.76. The van der Waals surface area contributed by atoms with Gasteiger partial charge in [-0.3, -0.25) is 4.98 Å². The Labute approximate surface area is 153 Å². The summed E-state index contributed by atoms with van der Waals surface area (Å²) < 4.78 is 49.8. The number of hydrogen-bond acceptors (Lipinski definition) is 5. The molecule has 9 heteroatoms. The topological polar surface area (TPSA) is 60.2 Å². The molecule has 1 saturated heterocycles. The largest absolute Gasteiger partial charge is 0.436 e. The second-order valence-corrected chi connectivity index (χ2v) is 5.74. The number of oxazole rings is 1. The van der Waals surface area contributed by atoms with Gasteiger partial charge in [0.25, 0.3) is 0 Å². The number of alkyl halides is 3. The number of morpholine rings is 1. The Kier molecular flexibility index (Phi) is 5.17. The van der Waals surface area contributed by atoms with E-state index in [1.165, 1.54) is 6.07 Å². The monoisotopic (exact) mass is 385 g/mol. The number of halogens is 4. The van der Waals surface area contributed by atoms with Gasteiger partial charge in [-0.15, -0.1) is 12.4 Å². The van der Waals surface area contributed by atoms with Gasteiger partial charge in [0.2, 0.25) is 5.89 Å². The van der Waals surface area contributed by atoms with Crippen LogP contribution >= 0.6 is 12.4 Å². The average molecular weight is 386 g/mol. The molecule has 1 aliphatic rings. The first-order valence-electron chi connectivity index (χ1n) is 7.77. The lowest BCUT2D eigenvalue weighted by Gasteiger charge is -2.23. The highest BCUT2D eigenvalue weighted by Crippen LogP contribution is 2.32. The Morgan fingerprint density at radius 2 is 2.00 bits per heavy atom. The van der Waals surface area contributed by atoms with Gasteiger partial charge in [0.15, 0.2) is 5.58 Å². The molecule has 0 unspecified atom stereocenters. The van der Waals surface area contributed by atoms with E-state index in [-0.39, 0.29) is 30.0 Å².